The summed E-state index contributed by atoms with van der Waals surface area (Å²) in [5.41, 5.74) is 0. The second-order valence-corrected chi connectivity index (χ2v) is 6.36. The average Bonchev–Trinajstić information content (AvgIpc) is 2.14. The van der Waals surface area contributed by atoms with Crippen LogP contribution in [-0.2, 0) is 19.6 Å². The zero-order valence-electron chi connectivity index (χ0n) is 10.3. The number of likely N-dealkylation sites (N-methyl/N-ethyl adjacent to an activating group) is 1. The standard InChI is InChI=1S/C9H18N2O5S/c1-6(2)10-8(12)5-11(4)17(15,16)7(3)9(13)14/h6-7H,5H2,1-4H3,(H,10,12)(H,13,14). The Morgan fingerprint density at radius 1 is 1.29 bits per heavy atom. The van der Waals surface area contributed by atoms with Crippen molar-refractivity contribution >= 4 is 21.9 Å². The maximum absolute atomic E-state index is 11.7. The summed E-state index contributed by atoms with van der Waals surface area (Å²) in [6.45, 7) is 4.16. The van der Waals surface area contributed by atoms with E-state index in [0.29, 0.717) is 0 Å². The molecule has 0 aliphatic heterocycles. The number of nitrogens with one attached hydrogen (secondary N) is 1. The molecule has 0 aromatic heterocycles. The lowest BCUT2D eigenvalue weighted by Crippen LogP contribution is -2.45. The fourth-order valence-electron chi connectivity index (χ4n) is 1.06. The van der Waals surface area contributed by atoms with Crippen LogP contribution in [-0.4, -0.2) is 54.6 Å². The Labute approximate surface area is 101 Å². The van der Waals surface area contributed by atoms with Crippen LogP contribution in [0.4, 0.5) is 0 Å². The molecule has 100 valence electrons. The lowest BCUT2D eigenvalue weighted by molar-refractivity contribution is -0.136. The number of aliphatic carboxylic acids is 1. The van der Waals surface area contributed by atoms with Crippen LogP contribution in [0.25, 0.3) is 0 Å². The fourth-order valence-corrected chi connectivity index (χ4v) is 2.15. The Hall–Kier alpha value is -1.15. The molecule has 0 fully saturated rings. The number of carboxylic acid groups (broad SMARTS) is 1. The molecular weight excluding hydrogens is 248 g/mol. The second-order valence-electron chi connectivity index (χ2n) is 4.00. The van der Waals surface area contributed by atoms with E-state index in [2.05, 4.69) is 5.32 Å². The zero-order valence-corrected chi connectivity index (χ0v) is 11.1. The number of hydrogen-bond acceptors (Lipinski definition) is 4. The van der Waals surface area contributed by atoms with Gasteiger partial charge in [-0.15, -0.1) is 0 Å². The van der Waals surface area contributed by atoms with Crippen molar-refractivity contribution in [2.75, 3.05) is 13.6 Å². The third-order valence-electron chi connectivity index (χ3n) is 2.04. The zero-order chi connectivity index (χ0) is 13.8. The Kier molecular flexibility index (Phi) is 5.56. The maximum atomic E-state index is 11.7. The predicted octanol–water partition coefficient (Wildman–Crippen LogP) is -0.754. The number of carboxylic acids is 1. The molecule has 0 aliphatic carbocycles. The molecule has 0 saturated carbocycles. The van der Waals surface area contributed by atoms with Crippen molar-refractivity contribution in [3.8, 4) is 0 Å². The minimum atomic E-state index is -4.00. The number of carbonyl (C=O) groups excluding carboxylic acids is 1. The van der Waals surface area contributed by atoms with Crippen LogP contribution in [0.2, 0.25) is 0 Å². The number of hydrogen-bond donors (Lipinski definition) is 2. The van der Waals surface area contributed by atoms with Crippen LogP contribution >= 0.6 is 0 Å². The minimum Gasteiger partial charge on any atom is -0.480 e. The highest BCUT2D eigenvalue weighted by Gasteiger charge is 2.32. The summed E-state index contributed by atoms with van der Waals surface area (Å²) in [5, 5.41) is 9.59. The number of nitrogens with zero attached hydrogens (tertiary/aromatic N) is 1. The quantitative estimate of drug-likeness (QED) is 0.658. The van der Waals surface area contributed by atoms with E-state index in [1.807, 2.05) is 0 Å². The van der Waals surface area contributed by atoms with Crippen molar-refractivity contribution in [2.45, 2.75) is 32.1 Å². The molecule has 0 aromatic rings. The van der Waals surface area contributed by atoms with E-state index in [9.17, 15) is 18.0 Å². The SMILES string of the molecule is CC(C)NC(=O)CN(C)S(=O)(=O)C(C)C(=O)O. The maximum Gasteiger partial charge on any atom is 0.323 e. The van der Waals surface area contributed by atoms with Gasteiger partial charge in [-0.05, 0) is 20.8 Å². The summed E-state index contributed by atoms with van der Waals surface area (Å²) in [7, 11) is -2.82. The monoisotopic (exact) mass is 266 g/mol. The average molecular weight is 266 g/mol. The number of carbonyl (C=O) groups is 2. The van der Waals surface area contributed by atoms with Gasteiger partial charge in [0.1, 0.15) is 0 Å². The molecule has 0 bridgehead atoms. The molecule has 8 heteroatoms. The molecule has 0 heterocycles. The summed E-state index contributed by atoms with van der Waals surface area (Å²) >= 11 is 0. The van der Waals surface area contributed by atoms with Gasteiger partial charge in [0, 0.05) is 13.1 Å². The van der Waals surface area contributed by atoms with Crippen LogP contribution in [0.15, 0.2) is 0 Å². The summed E-state index contributed by atoms with van der Waals surface area (Å²) < 4.78 is 24.1. The Bertz CT molecular complexity index is 390. The molecule has 0 spiro atoms. The van der Waals surface area contributed by atoms with Crippen LogP contribution < -0.4 is 5.32 Å². The van der Waals surface area contributed by atoms with Gasteiger partial charge in [-0.2, -0.15) is 4.31 Å². The van der Waals surface area contributed by atoms with Crippen LogP contribution in [0.5, 0.6) is 0 Å². The smallest absolute Gasteiger partial charge is 0.323 e. The van der Waals surface area contributed by atoms with E-state index >= 15 is 0 Å². The van der Waals surface area contributed by atoms with Crippen molar-refractivity contribution in [3.63, 3.8) is 0 Å². The largest absolute Gasteiger partial charge is 0.480 e. The molecule has 0 saturated heterocycles. The van der Waals surface area contributed by atoms with Crippen LogP contribution in [0.3, 0.4) is 0 Å². The normalized spacial score (nSPS) is 13.8. The van der Waals surface area contributed by atoms with E-state index in [1.165, 1.54) is 7.05 Å². The summed E-state index contributed by atoms with van der Waals surface area (Å²) in [6.07, 6.45) is 0. The Morgan fingerprint density at radius 2 is 1.76 bits per heavy atom. The van der Waals surface area contributed by atoms with E-state index < -0.39 is 33.7 Å². The summed E-state index contributed by atoms with van der Waals surface area (Å²) in [4.78, 5) is 21.9. The second kappa shape index (κ2) is 5.97. The molecule has 17 heavy (non-hydrogen) atoms. The first-order valence-corrected chi connectivity index (χ1v) is 6.56. The van der Waals surface area contributed by atoms with Crippen molar-refractivity contribution in [2.24, 2.45) is 0 Å². The van der Waals surface area contributed by atoms with Gasteiger partial charge < -0.3 is 10.4 Å². The Morgan fingerprint density at radius 3 is 2.12 bits per heavy atom. The molecule has 0 aromatic carbocycles. The number of sulfonamides is 1. The van der Waals surface area contributed by atoms with Gasteiger partial charge in [-0.3, -0.25) is 9.59 Å². The van der Waals surface area contributed by atoms with Crippen molar-refractivity contribution in [3.05, 3.63) is 0 Å². The van der Waals surface area contributed by atoms with E-state index in [0.717, 1.165) is 11.2 Å². The highest BCUT2D eigenvalue weighted by atomic mass is 32.2. The van der Waals surface area contributed by atoms with Gasteiger partial charge >= 0.3 is 5.97 Å². The third-order valence-corrected chi connectivity index (χ3v) is 4.14. The Balaban J connectivity index is 4.66. The van der Waals surface area contributed by atoms with Gasteiger partial charge in [-0.25, -0.2) is 8.42 Å². The molecule has 1 unspecified atom stereocenters. The lowest BCUT2D eigenvalue weighted by atomic mass is 10.4. The first kappa shape index (κ1) is 15.9. The molecule has 1 amide bonds. The van der Waals surface area contributed by atoms with Gasteiger partial charge in [-0.1, -0.05) is 0 Å². The van der Waals surface area contributed by atoms with Crippen molar-refractivity contribution < 1.29 is 23.1 Å². The van der Waals surface area contributed by atoms with Gasteiger partial charge in [0.05, 0.1) is 6.54 Å². The lowest BCUT2D eigenvalue weighted by Gasteiger charge is -2.19. The molecule has 0 rings (SSSR count). The minimum absolute atomic E-state index is 0.101. The number of rotatable bonds is 6. The first-order valence-electron chi connectivity index (χ1n) is 5.06. The van der Waals surface area contributed by atoms with Gasteiger partial charge in [0.2, 0.25) is 15.9 Å². The fraction of sp³-hybridized carbons (Fsp3) is 0.778. The molecular formula is C9H18N2O5S. The van der Waals surface area contributed by atoms with Crippen molar-refractivity contribution in [1.29, 1.82) is 0 Å². The molecule has 0 radical (unpaired) electrons. The highest BCUT2D eigenvalue weighted by molar-refractivity contribution is 7.90. The molecule has 7 nitrogen and oxygen atoms in total. The highest BCUT2D eigenvalue weighted by Crippen LogP contribution is 2.06. The van der Waals surface area contributed by atoms with E-state index in [-0.39, 0.29) is 6.04 Å². The molecule has 2 N–H and O–H groups in total. The first-order chi connectivity index (χ1) is 7.59. The molecule has 0 aliphatic rings. The van der Waals surface area contributed by atoms with Crippen LogP contribution in [0, 0.1) is 0 Å². The summed E-state index contributed by atoms with van der Waals surface area (Å²) in [6, 6.07) is -0.101. The topological polar surface area (TPSA) is 104 Å². The predicted molar refractivity (Wildman–Crippen MR) is 61.9 cm³/mol. The van der Waals surface area contributed by atoms with Crippen molar-refractivity contribution in [1.82, 2.24) is 9.62 Å². The molecule has 1 atom stereocenters. The van der Waals surface area contributed by atoms with Gasteiger partial charge in [0.25, 0.3) is 0 Å². The van der Waals surface area contributed by atoms with Crippen LogP contribution in [0.1, 0.15) is 20.8 Å². The van der Waals surface area contributed by atoms with Gasteiger partial charge in [0.15, 0.2) is 5.25 Å². The number of amides is 1. The third kappa shape index (κ3) is 4.70. The summed E-state index contributed by atoms with van der Waals surface area (Å²) in [5.74, 6) is -1.91. The van der Waals surface area contributed by atoms with E-state index in [1.54, 1.807) is 13.8 Å². The van der Waals surface area contributed by atoms with E-state index in [4.69, 9.17) is 5.11 Å².